The lowest BCUT2D eigenvalue weighted by Gasteiger charge is -2.39. The second-order valence-electron chi connectivity index (χ2n) is 6.05. The number of carbonyl (C=O) groups excluding carboxylic acids is 2. The van der Waals surface area contributed by atoms with Crippen LogP contribution in [0.1, 0.15) is 36.7 Å². The molecule has 0 atom stereocenters. The van der Waals surface area contributed by atoms with Crippen molar-refractivity contribution < 1.29 is 14.7 Å². The molecule has 1 aromatic carbocycles. The zero-order valence-corrected chi connectivity index (χ0v) is 11.5. The van der Waals surface area contributed by atoms with Crippen molar-refractivity contribution in [3.05, 3.63) is 35.4 Å². The van der Waals surface area contributed by atoms with Crippen molar-refractivity contribution in [3.63, 3.8) is 0 Å². The van der Waals surface area contributed by atoms with Gasteiger partial charge in [0.1, 0.15) is 0 Å². The van der Waals surface area contributed by atoms with Crippen molar-refractivity contribution in [2.75, 3.05) is 13.1 Å². The second kappa shape index (κ2) is 4.68. The van der Waals surface area contributed by atoms with Gasteiger partial charge >= 0.3 is 0 Å². The minimum absolute atomic E-state index is 0.0540. The maximum absolute atomic E-state index is 12.1. The first-order valence-corrected chi connectivity index (χ1v) is 6.39. The van der Waals surface area contributed by atoms with Crippen molar-refractivity contribution in [3.8, 4) is 0 Å². The molecule has 0 spiro atoms. The number of hydrogen-bond donors (Lipinski definition) is 0. The molecule has 0 unspecified atom stereocenters. The quantitative estimate of drug-likeness (QED) is 0.790. The fourth-order valence-corrected chi connectivity index (χ4v) is 2.09. The van der Waals surface area contributed by atoms with Gasteiger partial charge in [-0.25, -0.2) is 0 Å². The van der Waals surface area contributed by atoms with Crippen LogP contribution in [0.5, 0.6) is 0 Å². The summed E-state index contributed by atoms with van der Waals surface area (Å²) in [4.78, 5) is 24.2. The van der Waals surface area contributed by atoms with E-state index in [1.54, 1.807) is 12.1 Å². The summed E-state index contributed by atoms with van der Waals surface area (Å²) in [6, 6.07) is 7.50. The van der Waals surface area contributed by atoms with Gasteiger partial charge in [-0.15, -0.1) is 0 Å². The van der Waals surface area contributed by atoms with Crippen LogP contribution in [0.3, 0.4) is 0 Å². The van der Waals surface area contributed by atoms with Crippen LogP contribution in [0.4, 0.5) is 0 Å². The highest BCUT2D eigenvalue weighted by atomic mass is 16.4. The molecule has 102 valence electrons. The number of amides is 1. The summed E-state index contributed by atoms with van der Waals surface area (Å²) >= 11 is 0. The smallest absolute Gasteiger partial charge is 0.253 e. The number of nitrogens with zero attached hydrogens (tertiary/aromatic N) is 1. The van der Waals surface area contributed by atoms with Crippen molar-refractivity contribution in [2.45, 2.75) is 26.2 Å². The Morgan fingerprint density at radius 3 is 2.11 bits per heavy atom. The lowest BCUT2D eigenvalue weighted by Crippen LogP contribution is -2.56. The molecule has 19 heavy (non-hydrogen) atoms. The number of hydrogen-bond acceptors (Lipinski definition) is 3. The molecular weight excluding hydrogens is 242 g/mol. The van der Waals surface area contributed by atoms with Crippen LogP contribution in [0, 0.1) is 5.92 Å². The fraction of sp³-hybridized carbons (Fsp3) is 0.467. The van der Waals surface area contributed by atoms with E-state index in [0.717, 1.165) is 0 Å². The molecule has 0 aromatic heterocycles. The zero-order chi connectivity index (χ0) is 14.2. The Bertz CT molecular complexity index is 493. The molecule has 0 bridgehead atoms. The van der Waals surface area contributed by atoms with Crippen LogP contribution in [0.15, 0.2) is 24.3 Å². The molecule has 0 N–H and O–H groups in total. The first-order valence-electron chi connectivity index (χ1n) is 6.39. The third kappa shape index (κ3) is 2.78. The molecule has 1 fully saturated rings. The van der Waals surface area contributed by atoms with E-state index < -0.39 is 11.9 Å². The monoisotopic (exact) mass is 260 g/mol. The van der Waals surface area contributed by atoms with Crippen molar-refractivity contribution in [2.24, 2.45) is 5.92 Å². The van der Waals surface area contributed by atoms with Crippen molar-refractivity contribution in [1.82, 2.24) is 4.90 Å². The molecule has 1 heterocycles. The van der Waals surface area contributed by atoms with Gasteiger partial charge in [0.25, 0.3) is 5.91 Å². The van der Waals surface area contributed by atoms with Crippen molar-refractivity contribution >= 4 is 11.9 Å². The lowest BCUT2D eigenvalue weighted by atomic mass is 9.86. The van der Waals surface area contributed by atoms with Gasteiger partial charge in [0.2, 0.25) is 0 Å². The summed E-state index contributed by atoms with van der Waals surface area (Å²) in [5.41, 5.74) is 1.82. The summed E-state index contributed by atoms with van der Waals surface area (Å²) in [6.07, 6.45) is 0. The van der Waals surface area contributed by atoms with E-state index >= 15 is 0 Å². The number of carboxylic acid groups (broad SMARTS) is 1. The first kappa shape index (κ1) is 13.6. The fourth-order valence-electron chi connectivity index (χ4n) is 2.09. The Kier molecular flexibility index (Phi) is 3.35. The second-order valence-corrected chi connectivity index (χ2v) is 6.05. The molecule has 4 heteroatoms. The number of carboxylic acids is 1. The first-order chi connectivity index (χ1) is 8.79. The SMILES string of the molecule is CC(C)(C)c1ccc(C(=O)N2CC(C(=O)[O-])C2)cc1. The van der Waals surface area contributed by atoms with E-state index in [1.807, 2.05) is 12.1 Å². The molecular formula is C15H18NO3-. The van der Waals surface area contributed by atoms with Gasteiger partial charge in [0.05, 0.1) is 0 Å². The lowest BCUT2D eigenvalue weighted by molar-refractivity contribution is -0.314. The third-order valence-corrected chi connectivity index (χ3v) is 3.50. The van der Waals surface area contributed by atoms with Gasteiger partial charge in [0.15, 0.2) is 0 Å². The molecule has 1 aromatic rings. The van der Waals surface area contributed by atoms with Crippen LogP contribution in [0.2, 0.25) is 0 Å². The van der Waals surface area contributed by atoms with Crippen LogP contribution >= 0.6 is 0 Å². The predicted molar refractivity (Wildman–Crippen MR) is 69.5 cm³/mol. The number of aliphatic carboxylic acids is 1. The Morgan fingerprint density at radius 2 is 1.68 bits per heavy atom. The van der Waals surface area contributed by atoms with Crippen LogP contribution in [-0.2, 0) is 10.2 Å². The van der Waals surface area contributed by atoms with Gasteiger partial charge in [0, 0.05) is 30.5 Å². The number of benzene rings is 1. The minimum atomic E-state index is -1.08. The summed E-state index contributed by atoms with van der Waals surface area (Å²) in [6.45, 7) is 6.85. The third-order valence-electron chi connectivity index (χ3n) is 3.50. The number of likely N-dealkylation sites (tertiary alicyclic amines) is 1. The topological polar surface area (TPSA) is 60.4 Å². The van der Waals surface area contributed by atoms with E-state index in [9.17, 15) is 14.7 Å². The van der Waals surface area contributed by atoms with Crippen LogP contribution in [0.25, 0.3) is 0 Å². The average Bonchev–Trinajstić information content (AvgIpc) is 2.25. The van der Waals surface area contributed by atoms with E-state index in [-0.39, 0.29) is 24.4 Å². The standard InChI is InChI=1S/C15H19NO3/c1-15(2,3)12-6-4-10(5-7-12)13(17)16-8-11(9-16)14(18)19/h4-7,11H,8-9H2,1-3H3,(H,18,19)/p-1. The normalized spacial score (nSPS) is 16.1. The largest absolute Gasteiger partial charge is 0.550 e. The molecule has 2 rings (SSSR count). The Hall–Kier alpha value is -1.84. The van der Waals surface area contributed by atoms with Crippen LogP contribution in [-0.4, -0.2) is 29.9 Å². The number of rotatable bonds is 2. The predicted octanol–water partition coefficient (Wildman–Crippen LogP) is 0.806. The zero-order valence-electron chi connectivity index (χ0n) is 11.5. The maximum atomic E-state index is 12.1. The molecule has 1 aliphatic heterocycles. The van der Waals surface area contributed by atoms with Gasteiger partial charge in [-0.2, -0.15) is 0 Å². The molecule has 1 aliphatic rings. The van der Waals surface area contributed by atoms with Gasteiger partial charge < -0.3 is 14.8 Å². The summed E-state index contributed by atoms with van der Waals surface area (Å²) in [5.74, 6) is -1.71. The highest BCUT2D eigenvalue weighted by Gasteiger charge is 2.31. The molecule has 0 saturated carbocycles. The Labute approximate surface area is 113 Å². The molecule has 1 amide bonds. The summed E-state index contributed by atoms with van der Waals surface area (Å²) in [7, 11) is 0. The van der Waals surface area contributed by atoms with E-state index in [2.05, 4.69) is 20.8 Å². The molecule has 0 aliphatic carbocycles. The average molecular weight is 260 g/mol. The molecule has 0 radical (unpaired) electrons. The van der Waals surface area contributed by atoms with E-state index in [1.165, 1.54) is 10.5 Å². The summed E-state index contributed by atoms with van der Waals surface area (Å²) < 4.78 is 0. The maximum Gasteiger partial charge on any atom is 0.253 e. The highest BCUT2D eigenvalue weighted by Crippen LogP contribution is 2.23. The van der Waals surface area contributed by atoms with Crippen molar-refractivity contribution in [1.29, 1.82) is 0 Å². The number of carbonyl (C=O) groups is 2. The Morgan fingerprint density at radius 1 is 1.16 bits per heavy atom. The Balaban J connectivity index is 2.04. The van der Waals surface area contributed by atoms with Gasteiger partial charge in [-0.05, 0) is 23.1 Å². The van der Waals surface area contributed by atoms with E-state index in [4.69, 9.17) is 0 Å². The summed E-state index contributed by atoms with van der Waals surface area (Å²) in [5, 5.41) is 10.6. The van der Waals surface area contributed by atoms with Gasteiger partial charge in [-0.1, -0.05) is 32.9 Å². The molecule has 4 nitrogen and oxygen atoms in total. The molecule has 1 saturated heterocycles. The van der Waals surface area contributed by atoms with E-state index in [0.29, 0.717) is 5.56 Å². The van der Waals surface area contributed by atoms with Gasteiger partial charge in [-0.3, -0.25) is 4.79 Å². The highest BCUT2D eigenvalue weighted by molar-refractivity contribution is 5.95. The van der Waals surface area contributed by atoms with Crippen LogP contribution < -0.4 is 5.11 Å². The minimum Gasteiger partial charge on any atom is -0.550 e.